The Kier molecular flexibility index (Phi) is 3.90. The fourth-order valence-electron chi connectivity index (χ4n) is 2.12. The van der Waals surface area contributed by atoms with Gasteiger partial charge in [0.2, 0.25) is 0 Å². The summed E-state index contributed by atoms with van der Waals surface area (Å²) in [7, 11) is 0. The van der Waals surface area contributed by atoms with Gasteiger partial charge in [-0.2, -0.15) is 13.2 Å². The fraction of sp³-hybridized carbons (Fsp3) is 0.571. The highest BCUT2D eigenvalue weighted by atomic mass is 19.4. The van der Waals surface area contributed by atoms with Gasteiger partial charge in [-0.1, -0.05) is 27.7 Å². The maximum Gasteiger partial charge on any atom is 0.416 e. The van der Waals surface area contributed by atoms with Gasteiger partial charge < -0.3 is 0 Å². The molecule has 0 N–H and O–H groups in total. The molecule has 0 aliphatic rings. The van der Waals surface area contributed by atoms with E-state index >= 15 is 0 Å². The predicted molar refractivity (Wildman–Crippen MR) is 64.4 cm³/mol. The minimum Gasteiger partial charge on any atom is -0.166 e. The summed E-state index contributed by atoms with van der Waals surface area (Å²) in [6.45, 7) is 9.60. The topological polar surface area (TPSA) is 0 Å². The Morgan fingerprint density at radius 2 is 1.24 bits per heavy atom. The SMILES string of the molecule is Cc1c(C(C)C)cc(C(F)(F)F)cc1C(C)C. The lowest BCUT2D eigenvalue weighted by Gasteiger charge is -2.20. The first kappa shape index (κ1) is 14.1. The van der Waals surface area contributed by atoms with Gasteiger partial charge >= 0.3 is 6.18 Å². The standard InChI is InChI=1S/C14H19F3/c1-8(2)12-6-11(14(15,16)17)7-13(9(3)4)10(12)5/h6-9H,1-5H3. The van der Waals surface area contributed by atoms with Crippen LogP contribution < -0.4 is 0 Å². The summed E-state index contributed by atoms with van der Waals surface area (Å²) in [4.78, 5) is 0. The van der Waals surface area contributed by atoms with Crippen LogP contribution in [0.15, 0.2) is 12.1 Å². The van der Waals surface area contributed by atoms with Crippen molar-refractivity contribution < 1.29 is 13.2 Å². The molecule has 0 unspecified atom stereocenters. The molecule has 0 atom stereocenters. The first-order chi connectivity index (χ1) is 7.64. The number of alkyl halides is 3. The fourth-order valence-corrected chi connectivity index (χ4v) is 2.12. The van der Waals surface area contributed by atoms with Crippen LogP contribution in [0.1, 0.15) is 61.8 Å². The minimum atomic E-state index is -4.26. The first-order valence-electron chi connectivity index (χ1n) is 5.86. The summed E-state index contributed by atoms with van der Waals surface area (Å²) >= 11 is 0. The van der Waals surface area contributed by atoms with Crippen LogP contribution in [0.5, 0.6) is 0 Å². The van der Waals surface area contributed by atoms with E-state index in [1.807, 2.05) is 34.6 Å². The molecular formula is C14H19F3. The van der Waals surface area contributed by atoms with Crippen molar-refractivity contribution in [3.63, 3.8) is 0 Å². The van der Waals surface area contributed by atoms with Crippen LogP contribution in [-0.4, -0.2) is 0 Å². The second-order valence-electron chi connectivity index (χ2n) is 5.09. The highest BCUT2D eigenvalue weighted by Gasteiger charge is 2.32. The molecule has 0 heterocycles. The third-order valence-corrected chi connectivity index (χ3v) is 3.06. The van der Waals surface area contributed by atoms with E-state index < -0.39 is 11.7 Å². The van der Waals surface area contributed by atoms with Crippen LogP contribution in [0.25, 0.3) is 0 Å². The van der Waals surface area contributed by atoms with Crippen molar-refractivity contribution in [2.45, 2.75) is 52.6 Å². The van der Waals surface area contributed by atoms with Crippen LogP contribution in [0.3, 0.4) is 0 Å². The molecule has 0 bridgehead atoms. The summed E-state index contributed by atoms with van der Waals surface area (Å²) in [6, 6.07) is 2.57. The molecule has 0 aromatic heterocycles. The predicted octanol–water partition coefficient (Wildman–Crippen LogP) is 5.26. The molecule has 0 aliphatic carbocycles. The molecule has 1 aromatic rings. The molecule has 0 radical (unpaired) electrons. The molecule has 17 heavy (non-hydrogen) atoms. The molecule has 1 aromatic carbocycles. The Labute approximate surface area is 101 Å². The molecule has 0 aliphatic heterocycles. The van der Waals surface area contributed by atoms with Crippen molar-refractivity contribution in [2.24, 2.45) is 0 Å². The highest BCUT2D eigenvalue weighted by molar-refractivity contribution is 5.42. The normalized spacial score (nSPS) is 12.6. The van der Waals surface area contributed by atoms with E-state index in [2.05, 4.69) is 0 Å². The largest absolute Gasteiger partial charge is 0.416 e. The molecule has 0 amide bonds. The molecule has 0 nitrogen and oxygen atoms in total. The summed E-state index contributed by atoms with van der Waals surface area (Å²) in [5.41, 5.74) is 2.05. The van der Waals surface area contributed by atoms with Gasteiger partial charge in [-0.25, -0.2) is 0 Å². The lowest BCUT2D eigenvalue weighted by atomic mass is 9.87. The third-order valence-electron chi connectivity index (χ3n) is 3.06. The van der Waals surface area contributed by atoms with Crippen molar-refractivity contribution in [3.8, 4) is 0 Å². The van der Waals surface area contributed by atoms with Gasteiger partial charge in [-0.05, 0) is 47.6 Å². The molecular weight excluding hydrogens is 225 g/mol. The monoisotopic (exact) mass is 244 g/mol. The Morgan fingerprint density at radius 1 is 0.882 bits per heavy atom. The molecule has 0 saturated carbocycles. The Bertz CT molecular complexity index is 371. The molecule has 3 heteroatoms. The summed E-state index contributed by atoms with van der Waals surface area (Å²) in [6.07, 6.45) is -4.26. The minimum absolute atomic E-state index is 0.106. The first-order valence-corrected chi connectivity index (χ1v) is 5.86. The zero-order chi connectivity index (χ0) is 13.4. The lowest BCUT2D eigenvalue weighted by molar-refractivity contribution is -0.137. The number of hydrogen-bond donors (Lipinski definition) is 0. The number of benzene rings is 1. The van der Waals surface area contributed by atoms with Crippen LogP contribution in [0.2, 0.25) is 0 Å². The molecule has 96 valence electrons. The van der Waals surface area contributed by atoms with Crippen LogP contribution in [0.4, 0.5) is 13.2 Å². The van der Waals surface area contributed by atoms with Gasteiger partial charge in [0.1, 0.15) is 0 Å². The molecule has 0 fully saturated rings. The number of hydrogen-bond acceptors (Lipinski definition) is 0. The average Bonchev–Trinajstić information content (AvgIpc) is 2.14. The quantitative estimate of drug-likeness (QED) is 0.665. The van der Waals surface area contributed by atoms with Gasteiger partial charge in [0.25, 0.3) is 0 Å². The Balaban J connectivity index is 3.48. The van der Waals surface area contributed by atoms with Crippen molar-refractivity contribution in [2.75, 3.05) is 0 Å². The van der Waals surface area contributed by atoms with Crippen molar-refractivity contribution in [1.82, 2.24) is 0 Å². The van der Waals surface area contributed by atoms with Gasteiger partial charge in [-0.15, -0.1) is 0 Å². The van der Waals surface area contributed by atoms with E-state index in [1.54, 1.807) is 0 Å². The van der Waals surface area contributed by atoms with Crippen molar-refractivity contribution >= 4 is 0 Å². The Morgan fingerprint density at radius 3 is 1.47 bits per heavy atom. The van der Waals surface area contributed by atoms with Crippen LogP contribution >= 0.6 is 0 Å². The van der Waals surface area contributed by atoms with Gasteiger partial charge in [0.15, 0.2) is 0 Å². The van der Waals surface area contributed by atoms with E-state index in [1.165, 1.54) is 12.1 Å². The smallest absolute Gasteiger partial charge is 0.166 e. The van der Waals surface area contributed by atoms with Gasteiger partial charge in [0, 0.05) is 0 Å². The zero-order valence-electron chi connectivity index (χ0n) is 10.9. The average molecular weight is 244 g/mol. The van der Waals surface area contributed by atoms with E-state index in [9.17, 15) is 13.2 Å². The summed E-state index contributed by atoms with van der Waals surface area (Å²) < 4.78 is 38.4. The van der Waals surface area contributed by atoms with Crippen molar-refractivity contribution in [1.29, 1.82) is 0 Å². The van der Waals surface area contributed by atoms with Gasteiger partial charge in [-0.3, -0.25) is 0 Å². The summed E-state index contributed by atoms with van der Waals surface area (Å²) in [5, 5.41) is 0. The van der Waals surface area contributed by atoms with E-state index in [0.717, 1.165) is 16.7 Å². The van der Waals surface area contributed by atoms with E-state index in [-0.39, 0.29) is 11.8 Å². The molecule has 1 rings (SSSR count). The molecule has 0 saturated heterocycles. The maximum atomic E-state index is 12.8. The van der Waals surface area contributed by atoms with Crippen LogP contribution in [0, 0.1) is 6.92 Å². The van der Waals surface area contributed by atoms with Crippen LogP contribution in [-0.2, 0) is 6.18 Å². The number of rotatable bonds is 2. The Hall–Kier alpha value is -0.990. The molecule has 0 spiro atoms. The van der Waals surface area contributed by atoms with E-state index in [4.69, 9.17) is 0 Å². The highest BCUT2D eigenvalue weighted by Crippen LogP contribution is 2.36. The maximum absolute atomic E-state index is 12.8. The lowest BCUT2D eigenvalue weighted by Crippen LogP contribution is -2.10. The third kappa shape index (κ3) is 3.02. The summed E-state index contributed by atoms with van der Waals surface area (Å²) in [5.74, 6) is 0.213. The van der Waals surface area contributed by atoms with E-state index in [0.29, 0.717) is 0 Å². The van der Waals surface area contributed by atoms with Gasteiger partial charge in [0.05, 0.1) is 5.56 Å². The zero-order valence-corrected chi connectivity index (χ0v) is 10.9. The number of halogens is 3. The van der Waals surface area contributed by atoms with Crippen molar-refractivity contribution in [3.05, 3.63) is 34.4 Å². The second kappa shape index (κ2) is 4.71. The second-order valence-corrected chi connectivity index (χ2v) is 5.09.